The summed E-state index contributed by atoms with van der Waals surface area (Å²) in [5.41, 5.74) is 0. The summed E-state index contributed by atoms with van der Waals surface area (Å²) in [5, 5.41) is 33.5. The van der Waals surface area contributed by atoms with Crippen molar-refractivity contribution in [3.05, 3.63) is 0 Å². The highest BCUT2D eigenvalue weighted by molar-refractivity contribution is 9.14. The van der Waals surface area contributed by atoms with E-state index in [0.29, 0.717) is 51.7 Å². The molecule has 0 aromatic carbocycles. The van der Waals surface area contributed by atoms with Gasteiger partial charge in [0.2, 0.25) is 11.8 Å². The number of ether oxygens (including phenoxy) is 4. The normalized spacial score (nSPS) is 15.2. The van der Waals surface area contributed by atoms with E-state index in [4.69, 9.17) is 24.1 Å². The molecule has 2 amide bonds. The molecule has 1 spiro atoms. The van der Waals surface area contributed by atoms with Crippen molar-refractivity contribution < 1.29 is 67.8 Å². The van der Waals surface area contributed by atoms with E-state index < -0.39 is 29.7 Å². The average Bonchev–Trinajstić information content (AvgIpc) is 4.06. The van der Waals surface area contributed by atoms with Gasteiger partial charge in [-0.3, -0.25) is 33.6 Å². The minimum atomic E-state index is -1.07. The second kappa shape index (κ2) is 40.2. The zero-order valence-electron chi connectivity index (χ0n) is 39.1. The van der Waals surface area contributed by atoms with Crippen molar-refractivity contribution in [3.8, 4) is 0 Å². The third-order valence-electron chi connectivity index (χ3n) is 10.8. The Morgan fingerprint density at radius 3 is 1.55 bits per heavy atom. The number of hydrogen-bond acceptors (Lipinski definition) is 17. The third kappa shape index (κ3) is 34.6. The lowest BCUT2D eigenvalue weighted by Gasteiger charge is -2.27. The first-order valence-corrected chi connectivity index (χ1v) is 30.6. The SMILES string of the molecule is O=C(O)CCCCCCCCCCCCCCCCC(=O)C[C@@H](CCC(=O)NCCOCCOCC(=O)CCCOCCOCC(=O)NCCCC[C@@H](C(=O)O)C1SSC2(SS1)SS2)C(=O)O. The predicted octanol–water partition coefficient (Wildman–Crippen LogP) is 9.38. The number of unbranched alkanes of at least 4 members (excludes halogenated alkanes) is 14. The van der Waals surface area contributed by atoms with Crippen LogP contribution in [0.4, 0.5) is 0 Å². The molecular formula is C45H76N2O14S6. The molecule has 0 aromatic heterocycles. The number of rotatable bonds is 47. The summed E-state index contributed by atoms with van der Waals surface area (Å²) in [6, 6.07) is 0. The molecule has 22 heteroatoms. The Morgan fingerprint density at radius 2 is 0.985 bits per heavy atom. The number of nitrogens with one attached hydrogen (secondary N) is 2. The highest BCUT2D eigenvalue weighted by Crippen LogP contribution is 2.84. The molecule has 67 heavy (non-hydrogen) atoms. The molecule has 2 aliphatic rings. The highest BCUT2D eigenvalue weighted by atomic mass is 33.2. The number of Topliss-reactive ketones (excluding diaryl/α,β-unsaturated/α-hetero) is 2. The molecule has 5 N–H and O–H groups in total. The maximum atomic E-state index is 12.5. The van der Waals surface area contributed by atoms with E-state index in [2.05, 4.69) is 10.6 Å². The average molecular weight is 1060 g/mol. The van der Waals surface area contributed by atoms with E-state index in [1.807, 2.05) is 21.6 Å². The van der Waals surface area contributed by atoms with Crippen LogP contribution in [-0.4, -0.2) is 130 Å². The van der Waals surface area contributed by atoms with E-state index in [9.17, 15) is 43.8 Å². The van der Waals surface area contributed by atoms with Gasteiger partial charge in [-0.2, -0.15) is 0 Å². The van der Waals surface area contributed by atoms with Gasteiger partial charge in [0.15, 0.2) is 8.53 Å². The molecule has 0 bridgehead atoms. The molecule has 0 unspecified atom stereocenters. The minimum Gasteiger partial charge on any atom is -0.481 e. The molecule has 2 rings (SSSR count). The van der Waals surface area contributed by atoms with Crippen molar-refractivity contribution in [2.24, 2.45) is 11.8 Å². The van der Waals surface area contributed by atoms with Crippen molar-refractivity contribution >= 4 is 106 Å². The summed E-state index contributed by atoms with van der Waals surface area (Å²) < 4.78 is 21.8. The standard InChI is InChI=1S/C45H76N2O14S6/c48-36(18-13-11-9-7-5-3-1-2-4-6-8-10-12-14-21-41(52)53)32-35(42(54)55)22-23-39(50)47-25-27-59-29-30-60-33-37(49)19-17-26-58-28-31-61-34-40(51)46-24-16-15-20-38(43(56)57)44-62-64-45(65-63-44)66-67-45/h35,38,44H,1-34H2,(H,46,51)(H,47,50)(H,52,53)(H,54,55)(H,56,57)/t35-,38+/m1/s1. The fraction of sp³-hybridized carbons (Fsp3) is 0.844. The van der Waals surface area contributed by atoms with E-state index in [1.165, 1.54) is 44.9 Å². The first kappa shape index (κ1) is 61.7. The van der Waals surface area contributed by atoms with E-state index in [1.54, 1.807) is 43.2 Å². The maximum absolute atomic E-state index is 12.5. The summed E-state index contributed by atoms with van der Waals surface area (Å²) in [4.78, 5) is 82.9. The van der Waals surface area contributed by atoms with Crippen molar-refractivity contribution in [2.75, 3.05) is 65.9 Å². The number of carboxylic acid groups (broad SMARTS) is 3. The van der Waals surface area contributed by atoms with Gasteiger partial charge >= 0.3 is 17.9 Å². The van der Waals surface area contributed by atoms with Crippen LogP contribution in [0.15, 0.2) is 0 Å². The number of carboxylic acids is 3. The number of aliphatic carboxylic acids is 3. The first-order chi connectivity index (χ1) is 32.4. The van der Waals surface area contributed by atoms with Crippen molar-refractivity contribution in [3.63, 3.8) is 0 Å². The zero-order valence-corrected chi connectivity index (χ0v) is 44.0. The van der Waals surface area contributed by atoms with Gasteiger partial charge in [0.25, 0.3) is 0 Å². The van der Waals surface area contributed by atoms with Gasteiger partial charge in [-0.15, -0.1) is 0 Å². The van der Waals surface area contributed by atoms with E-state index >= 15 is 0 Å². The molecule has 2 saturated heterocycles. The van der Waals surface area contributed by atoms with E-state index in [0.717, 1.165) is 44.9 Å². The van der Waals surface area contributed by atoms with Gasteiger partial charge in [0, 0.05) is 51.8 Å². The van der Waals surface area contributed by atoms with Gasteiger partial charge in [0.1, 0.15) is 19.0 Å². The van der Waals surface area contributed by atoms with Crippen LogP contribution in [0.1, 0.15) is 154 Å². The van der Waals surface area contributed by atoms with Crippen LogP contribution < -0.4 is 10.6 Å². The number of amides is 2. The van der Waals surface area contributed by atoms with Gasteiger partial charge in [-0.05, 0) is 60.1 Å². The lowest BCUT2D eigenvalue weighted by molar-refractivity contribution is -0.144. The van der Waals surface area contributed by atoms with Crippen molar-refractivity contribution in [1.82, 2.24) is 10.6 Å². The van der Waals surface area contributed by atoms with Gasteiger partial charge in [-0.25, -0.2) is 0 Å². The lowest BCUT2D eigenvalue weighted by atomic mass is 9.94. The summed E-state index contributed by atoms with van der Waals surface area (Å²) in [5.74, 6) is -4.56. The minimum absolute atomic E-state index is 0.000917. The molecule has 2 aliphatic heterocycles. The van der Waals surface area contributed by atoms with Crippen LogP contribution in [0.3, 0.4) is 0 Å². The van der Waals surface area contributed by atoms with Gasteiger partial charge < -0.3 is 44.9 Å². The quantitative estimate of drug-likeness (QED) is 0.0217. The molecule has 0 radical (unpaired) electrons. The molecule has 0 saturated carbocycles. The number of carbonyl (C=O) groups is 7. The molecule has 16 nitrogen and oxygen atoms in total. The predicted molar refractivity (Wildman–Crippen MR) is 272 cm³/mol. The molecule has 2 fully saturated rings. The van der Waals surface area contributed by atoms with Crippen molar-refractivity contribution in [1.29, 1.82) is 0 Å². The molecule has 2 atom stereocenters. The van der Waals surface area contributed by atoms with Crippen LogP contribution >= 0.6 is 64.8 Å². The number of carbonyl (C=O) groups excluding carboxylic acids is 4. The topological polar surface area (TPSA) is 241 Å². The Labute approximate surface area is 421 Å². The fourth-order valence-electron chi connectivity index (χ4n) is 6.91. The Hall–Kier alpha value is -1.37. The molecule has 0 aliphatic carbocycles. The van der Waals surface area contributed by atoms with Gasteiger partial charge in [0.05, 0.1) is 49.5 Å². The van der Waals surface area contributed by atoms with Crippen molar-refractivity contribution in [2.45, 2.75) is 161 Å². The monoisotopic (exact) mass is 1060 g/mol. The Morgan fingerprint density at radius 1 is 0.463 bits per heavy atom. The van der Waals surface area contributed by atoms with Crippen LogP contribution in [0.25, 0.3) is 0 Å². The number of hydrogen-bond donors (Lipinski definition) is 5. The van der Waals surface area contributed by atoms with Gasteiger partial charge in [-0.1, -0.05) is 127 Å². The largest absolute Gasteiger partial charge is 0.481 e. The lowest BCUT2D eigenvalue weighted by Crippen LogP contribution is -2.29. The zero-order chi connectivity index (χ0) is 48.8. The summed E-state index contributed by atoms with van der Waals surface area (Å²) >= 11 is 0. The highest BCUT2D eigenvalue weighted by Gasteiger charge is 2.53. The Kier molecular flexibility index (Phi) is 37.1. The Bertz CT molecular complexity index is 1420. The maximum Gasteiger partial charge on any atom is 0.308 e. The second-order valence-corrected chi connectivity index (χ2v) is 26.2. The molecular weight excluding hydrogens is 985 g/mol. The summed E-state index contributed by atoms with van der Waals surface area (Å²) in [6.45, 7) is 2.11. The second-order valence-electron chi connectivity index (χ2n) is 16.7. The van der Waals surface area contributed by atoms with Crippen LogP contribution in [0.2, 0.25) is 0 Å². The van der Waals surface area contributed by atoms with Crippen LogP contribution in [0.5, 0.6) is 0 Å². The van der Waals surface area contributed by atoms with Crippen LogP contribution in [-0.2, 0) is 52.5 Å². The first-order valence-electron chi connectivity index (χ1n) is 24.0. The number of ketones is 2. The summed E-state index contributed by atoms with van der Waals surface area (Å²) in [7, 11) is 10.5. The third-order valence-corrected chi connectivity index (χ3v) is 24.7. The summed E-state index contributed by atoms with van der Waals surface area (Å²) in [6.07, 6.45) is 18.7. The fourth-order valence-corrected chi connectivity index (χ4v) is 20.7. The molecule has 386 valence electrons. The van der Waals surface area contributed by atoms with E-state index in [-0.39, 0.29) is 109 Å². The van der Waals surface area contributed by atoms with Crippen LogP contribution in [0, 0.1) is 11.8 Å². The molecule has 0 aromatic rings. The Balaban J connectivity index is 1.31. The smallest absolute Gasteiger partial charge is 0.308 e. The molecule has 2 heterocycles.